The molecule has 0 aliphatic rings. The highest BCUT2D eigenvalue weighted by molar-refractivity contribution is 6.05. The van der Waals surface area contributed by atoms with Gasteiger partial charge in [0.25, 0.3) is 5.91 Å². The van der Waals surface area contributed by atoms with Crippen molar-refractivity contribution in [1.82, 2.24) is 4.98 Å². The lowest BCUT2D eigenvalue weighted by Gasteiger charge is -2.13. The van der Waals surface area contributed by atoms with Crippen LogP contribution >= 0.6 is 0 Å². The van der Waals surface area contributed by atoms with E-state index in [2.05, 4.69) is 10.3 Å². The smallest absolute Gasteiger partial charge is 0.416 e. The Kier molecular flexibility index (Phi) is 5.72. The number of methoxy groups -OCH3 is 2. The Morgan fingerprint density at radius 1 is 0.966 bits per heavy atom. The summed E-state index contributed by atoms with van der Waals surface area (Å²) in [5, 5.41) is 2.47. The molecule has 0 aliphatic carbocycles. The average molecular weight is 402 g/mol. The summed E-state index contributed by atoms with van der Waals surface area (Å²) in [5.74, 6) is 0.341. The van der Waals surface area contributed by atoms with E-state index in [0.717, 1.165) is 12.1 Å². The minimum atomic E-state index is -4.49. The van der Waals surface area contributed by atoms with Gasteiger partial charge >= 0.3 is 6.18 Å². The van der Waals surface area contributed by atoms with Crippen LogP contribution in [0.4, 0.5) is 18.9 Å². The molecule has 0 unspecified atom stereocenters. The molecule has 1 amide bonds. The lowest BCUT2D eigenvalue weighted by molar-refractivity contribution is -0.137. The number of nitrogens with zero attached hydrogens (tertiary/aromatic N) is 1. The molecular formula is C21H17F3N2O3. The van der Waals surface area contributed by atoms with Gasteiger partial charge in [0.05, 0.1) is 19.8 Å². The molecule has 3 aromatic rings. The maximum atomic E-state index is 12.8. The molecule has 0 radical (unpaired) electrons. The Hall–Kier alpha value is -3.55. The van der Waals surface area contributed by atoms with Gasteiger partial charge in [0.15, 0.2) is 0 Å². The second kappa shape index (κ2) is 8.22. The van der Waals surface area contributed by atoms with Crippen molar-refractivity contribution < 1.29 is 27.4 Å². The van der Waals surface area contributed by atoms with Gasteiger partial charge < -0.3 is 14.8 Å². The molecule has 5 nitrogen and oxygen atoms in total. The Morgan fingerprint density at radius 2 is 1.72 bits per heavy atom. The fourth-order valence-electron chi connectivity index (χ4n) is 2.76. The minimum Gasteiger partial charge on any atom is -0.496 e. The predicted octanol–water partition coefficient (Wildman–Crippen LogP) is 5.04. The summed E-state index contributed by atoms with van der Waals surface area (Å²) in [6.45, 7) is 0. The van der Waals surface area contributed by atoms with Crippen LogP contribution in [0.1, 0.15) is 15.9 Å². The first kappa shape index (κ1) is 20.2. The van der Waals surface area contributed by atoms with Crippen molar-refractivity contribution in [1.29, 1.82) is 0 Å². The number of alkyl halides is 3. The number of aromatic nitrogens is 1. The van der Waals surface area contributed by atoms with E-state index in [9.17, 15) is 18.0 Å². The number of pyridine rings is 1. The van der Waals surface area contributed by atoms with Crippen molar-refractivity contribution >= 4 is 11.6 Å². The van der Waals surface area contributed by atoms with E-state index in [4.69, 9.17) is 9.47 Å². The second-order valence-corrected chi connectivity index (χ2v) is 6.00. The summed E-state index contributed by atoms with van der Waals surface area (Å²) in [4.78, 5) is 16.8. The SMILES string of the molecule is COc1cc(C(=O)Nc2cccc(C(F)(F)F)c2)ccc1-c1ncccc1OC. The third-order valence-corrected chi connectivity index (χ3v) is 4.16. The molecule has 0 atom stereocenters. The lowest BCUT2D eigenvalue weighted by Crippen LogP contribution is -2.13. The number of rotatable bonds is 5. The Morgan fingerprint density at radius 3 is 2.41 bits per heavy atom. The van der Waals surface area contributed by atoms with Crippen LogP contribution in [0.2, 0.25) is 0 Å². The third kappa shape index (κ3) is 4.48. The highest BCUT2D eigenvalue weighted by Gasteiger charge is 2.30. The standard InChI is InChI=1S/C21H17F3N2O3/c1-28-17-7-4-10-25-19(17)16-9-8-13(11-18(16)29-2)20(27)26-15-6-3-5-14(12-15)21(22,23)24/h3-12H,1-2H3,(H,26,27). The van der Waals surface area contributed by atoms with Gasteiger partial charge in [-0.05, 0) is 48.5 Å². The summed E-state index contributed by atoms with van der Waals surface area (Å²) in [7, 11) is 2.96. The first-order chi connectivity index (χ1) is 13.8. The summed E-state index contributed by atoms with van der Waals surface area (Å²) >= 11 is 0. The fourth-order valence-corrected chi connectivity index (χ4v) is 2.76. The second-order valence-electron chi connectivity index (χ2n) is 6.00. The van der Waals surface area contributed by atoms with E-state index in [-0.39, 0.29) is 11.3 Å². The molecule has 0 spiro atoms. The molecule has 0 fully saturated rings. The van der Waals surface area contributed by atoms with Crippen molar-refractivity contribution in [2.24, 2.45) is 0 Å². The summed E-state index contributed by atoms with van der Waals surface area (Å²) < 4.78 is 49.2. The van der Waals surface area contributed by atoms with Gasteiger partial charge in [0, 0.05) is 23.0 Å². The molecule has 1 heterocycles. The molecule has 0 saturated heterocycles. The highest BCUT2D eigenvalue weighted by Crippen LogP contribution is 2.35. The van der Waals surface area contributed by atoms with Crippen LogP contribution in [0.15, 0.2) is 60.8 Å². The molecule has 8 heteroatoms. The Labute approximate surface area is 165 Å². The summed E-state index contributed by atoms with van der Waals surface area (Å²) in [6.07, 6.45) is -2.89. The van der Waals surface area contributed by atoms with Crippen LogP contribution < -0.4 is 14.8 Å². The number of hydrogen-bond donors (Lipinski definition) is 1. The quantitative estimate of drug-likeness (QED) is 0.650. The summed E-state index contributed by atoms with van der Waals surface area (Å²) in [5.41, 5.74) is 0.569. The van der Waals surface area contributed by atoms with Gasteiger partial charge in [-0.25, -0.2) is 0 Å². The zero-order valence-corrected chi connectivity index (χ0v) is 15.6. The van der Waals surface area contributed by atoms with Crippen LogP contribution in [0.25, 0.3) is 11.3 Å². The van der Waals surface area contributed by atoms with Crippen molar-refractivity contribution in [2.75, 3.05) is 19.5 Å². The van der Waals surface area contributed by atoms with E-state index in [1.807, 2.05) is 0 Å². The minimum absolute atomic E-state index is 0.0410. The van der Waals surface area contributed by atoms with E-state index in [1.165, 1.54) is 38.5 Å². The fraction of sp³-hybridized carbons (Fsp3) is 0.143. The maximum absolute atomic E-state index is 12.8. The number of benzene rings is 2. The molecule has 3 rings (SSSR count). The lowest BCUT2D eigenvalue weighted by atomic mass is 10.1. The van der Waals surface area contributed by atoms with Crippen molar-refractivity contribution in [3.8, 4) is 22.8 Å². The van der Waals surface area contributed by atoms with Gasteiger partial charge in [0.2, 0.25) is 0 Å². The Balaban J connectivity index is 1.89. The van der Waals surface area contributed by atoms with E-state index >= 15 is 0 Å². The highest BCUT2D eigenvalue weighted by atomic mass is 19.4. The van der Waals surface area contributed by atoms with Crippen LogP contribution in [-0.2, 0) is 6.18 Å². The van der Waals surface area contributed by atoms with Gasteiger partial charge in [-0.2, -0.15) is 13.2 Å². The number of carbonyl (C=O) groups is 1. The van der Waals surface area contributed by atoms with Crippen LogP contribution in [0.3, 0.4) is 0 Å². The van der Waals surface area contributed by atoms with Crippen molar-refractivity contribution in [3.63, 3.8) is 0 Å². The van der Waals surface area contributed by atoms with Crippen molar-refractivity contribution in [3.05, 3.63) is 71.9 Å². The van der Waals surface area contributed by atoms with E-state index in [1.54, 1.807) is 24.4 Å². The average Bonchev–Trinajstić information content (AvgIpc) is 2.72. The molecule has 1 aromatic heterocycles. The molecule has 1 N–H and O–H groups in total. The molecule has 2 aromatic carbocycles. The maximum Gasteiger partial charge on any atom is 0.416 e. The number of carbonyl (C=O) groups excluding carboxylic acids is 1. The monoisotopic (exact) mass is 402 g/mol. The molecule has 150 valence electrons. The largest absolute Gasteiger partial charge is 0.496 e. The first-order valence-corrected chi connectivity index (χ1v) is 8.49. The predicted molar refractivity (Wildman–Crippen MR) is 102 cm³/mol. The number of halogens is 3. The number of ether oxygens (including phenoxy) is 2. The van der Waals surface area contributed by atoms with E-state index < -0.39 is 17.6 Å². The molecule has 0 bridgehead atoms. The van der Waals surface area contributed by atoms with Gasteiger partial charge in [-0.3, -0.25) is 9.78 Å². The first-order valence-electron chi connectivity index (χ1n) is 8.49. The third-order valence-electron chi connectivity index (χ3n) is 4.16. The molecule has 0 saturated carbocycles. The topological polar surface area (TPSA) is 60.5 Å². The number of amides is 1. The normalized spacial score (nSPS) is 11.1. The Bertz CT molecular complexity index is 1040. The zero-order valence-electron chi connectivity index (χ0n) is 15.6. The molecule has 29 heavy (non-hydrogen) atoms. The zero-order chi connectivity index (χ0) is 21.0. The van der Waals surface area contributed by atoms with Crippen molar-refractivity contribution in [2.45, 2.75) is 6.18 Å². The number of hydrogen-bond acceptors (Lipinski definition) is 4. The summed E-state index contributed by atoms with van der Waals surface area (Å²) in [6, 6.07) is 12.6. The van der Waals surface area contributed by atoms with Gasteiger partial charge in [0.1, 0.15) is 17.2 Å². The van der Waals surface area contributed by atoms with E-state index in [0.29, 0.717) is 22.8 Å². The molecular weight excluding hydrogens is 385 g/mol. The number of nitrogens with one attached hydrogen (secondary N) is 1. The number of anilines is 1. The van der Waals surface area contributed by atoms with Crippen LogP contribution in [0.5, 0.6) is 11.5 Å². The van der Waals surface area contributed by atoms with Gasteiger partial charge in [-0.1, -0.05) is 6.07 Å². The van der Waals surface area contributed by atoms with Crippen LogP contribution in [-0.4, -0.2) is 25.1 Å². The van der Waals surface area contributed by atoms with Crippen LogP contribution in [0, 0.1) is 0 Å². The molecule has 0 aliphatic heterocycles. The van der Waals surface area contributed by atoms with Gasteiger partial charge in [-0.15, -0.1) is 0 Å².